The van der Waals surface area contributed by atoms with Gasteiger partial charge in [0.05, 0.1) is 28.6 Å². The molecule has 2 heterocycles. The number of thiophene rings is 1. The maximum atomic E-state index is 13.0. The summed E-state index contributed by atoms with van der Waals surface area (Å²) in [6.07, 6.45) is -4.63. The summed E-state index contributed by atoms with van der Waals surface area (Å²) in [6.45, 7) is 5.43. The number of carbonyl (C=O) groups excluding carboxylic acids is 1. The SMILES string of the molecule is Cc1sc2nc(C(C)N(C)CC(=O)Nc3ccc(Cl)c(C(F)(F)F)c3)[nH]c(=O)c2c1C. The molecule has 0 aliphatic heterocycles. The summed E-state index contributed by atoms with van der Waals surface area (Å²) in [5.41, 5.74) is -0.389. The van der Waals surface area contributed by atoms with Crippen LogP contribution in [0.5, 0.6) is 0 Å². The molecule has 0 spiro atoms. The number of likely N-dealkylation sites (N-methyl/N-ethyl adjacent to an activating group) is 1. The first-order chi connectivity index (χ1) is 14.4. The predicted octanol–water partition coefficient (Wildman–Crippen LogP) is 4.91. The van der Waals surface area contributed by atoms with E-state index in [2.05, 4.69) is 15.3 Å². The van der Waals surface area contributed by atoms with Crippen LogP contribution in [0.2, 0.25) is 5.02 Å². The second-order valence-electron chi connectivity index (χ2n) is 7.25. The molecule has 0 aliphatic rings. The molecule has 1 atom stereocenters. The summed E-state index contributed by atoms with van der Waals surface area (Å²) in [5, 5.41) is 2.55. The topological polar surface area (TPSA) is 78.1 Å². The summed E-state index contributed by atoms with van der Waals surface area (Å²) in [7, 11) is 1.66. The lowest BCUT2D eigenvalue weighted by Gasteiger charge is -2.23. The Balaban J connectivity index is 1.74. The molecule has 0 fully saturated rings. The van der Waals surface area contributed by atoms with Gasteiger partial charge in [0.15, 0.2) is 0 Å². The molecule has 0 radical (unpaired) electrons. The Bertz CT molecular complexity index is 1210. The molecule has 0 bridgehead atoms. The standard InChI is InChI=1S/C20H20ClF3N4O2S/c1-9-11(3)31-19-16(9)18(30)26-17(27-19)10(2)28(4)8-15(29)25-12-5-6-14(21)13(7-12)20(22,23)24/h5-7,10H,8H2,1-4H3,(H,25,29)(H,26,27,30). The molecule has 1 aromatic carbocycles. The van der Waals surface area contributed by atoms with Crippen molar-refractivity contribution < 1.29 is 18.0 Å². The molecule has 0 saturated carbocycles. The van der Waals surface area contributed by atoms with E-state index in [1.165, 1.54) is 17.4 Å². The lowest BCUT2D eigenvalue weighted by molar-refractivity contribution is -0.137. The smallest absolute Gasteiger partial charge is 0.325 e. The molecule has 1 amide bonds. The Hall–Kier alpha value is -2.43. The van der Waals surface area contributed by atoms with Crippen molar-refractivity contribution in [2.75, 3.05) is 18.9 Å². The molecule has 2 N–H and O–H groups in total. The van der Waals surface area contributed by atoms with Crippen molar-refractivity contribution in [3.63, 3.8) is 0 Å². The zero-order valence-electron chi connectivity index (χ0n) is 17.1. The third-order valence-electron chi connectivity index (χ3n) is 5.06. The van der Waals surface area contributed by atoms with Gasteiger partial charge in [-0.15, -0.1) is 11.3 Å². The number of alkyl halides is 3. The van der Waals surface area contributed by atoms with E-state index in [4.69, 9.17) is 11.6 Å². The highest BCUT2D eigenvalue weighted by Gasteiger charge is 2.33. The van der Waals surface area contributed by atoms with Crippen molar-refractivity contribution in [1.29, 1.82) is 0 Å². The number of amides is 1. The number of fused-ring (bicyclic) bond motifs is 1. The van der Waals surface area contributed by atoms with E-state index in [0.717, 1.165) is 22.6 Å². The Morgan fingerprint density at radius 3 is 2.68 bits per heavy atom. The first-order valence-electron chi connectivity index (χ1n) is 9.25. The molecule has 3 rings (SSSR count). The molecule has 6 nitrogen and oxygen atoms in total. The van der Waals surface area contributed by atoms with E-state index in [1.807, 2.05) is 13.8 Å². The summed E-state index contributed by atoms with van der Waals surface area (Å²) < 4.78 is 39.0. The number of carbonyl (C=O) groups is 1. The van der Waals surface area contributed by atoms with Gasteiger partial charge in [0, 0.05) is 10.6 Å². The number of nitrogens with one attached hydrogen (secondary N) is 2. The van der Waals surface area contributed by atoms with Gasteiger partial charge in [-0.1, -0.05) is 11.6 Å². The lowest BCUT2D eigenvalue weighted by Crippen LogP contribution is -2.33. The first-order valence-corrected chi connectivity index (χ1v) is 10.4. The zero-order valence-corrected chi connectivity index (χ0v) is 18.7. The first kappa shape index (κ1) is 23.2. The fraction of sp³-hybridized carbons (Fsp3) is 0.350. The summed E-state index contributed by atoms with van der Waals surface area (Å²) in [5.74, 6) is -0.115. The van der Waals surface area contributed by atoms with Gasteiger partial charge in [0.1, 0.15) is 10.7 Å². The molecule has 166 valence electrons. The highest BCUT2D eigenvalue weighted by molar-refractivity contribution is 7.18. The highest BCUT2D eigenvalue weighted by Crippen LogP contribution is 2.36. The van der Waals surface area contributed by atoms with E-state index in [-0.39, 0.29) is 17.8 Å². The Kier molecular flexibility index (Phi) is 6.45. The van der Waals surface area contributed by atoms with Crippen molar-refractivity contribution >= 4 is 44.7 Å². The van der Waals surface area contributed by atoms with Crippen LogP contribution in [-0.4, -0.2) is 34.4 Å². The number of aromatic amines is 1. The van der Waals surface area contributed by atoms with E-state index in [0.29, 0.717) is 16.0 Å². The number of aromatic nitrogens is 2. The summed E-state index contributed by atoms with van der Waals surface area (Å²) in [6, 6.07) is 2.76. The van der Waals surface area contributed by atoms with Crippen molar-refractivity contribution in [3.8, 4) is 0 Å². The average molecular weight is 473 g/mol. The third kappa shape index (κ3) is 4.91. The van der Waals surface area contributed by atoms with Gasteiger partial charge in [-0.2, -0.15) is 13.2 Å². The van der Waals surface area contributed by atoms with Crippen LogP contribution in [-0.2, 0) is 11.0 Å². The molecule has 1 unspecified atom stereocenters. The fourth-order valence-corrected chi connectivity index (χ4v) is 4.32. The summed E-state index contributed by atoms with van der Waals surface area (Å²) in [4.78, 5) is 35.4. The minimum absolute atomic E-state index is 0.0136. The number of hydrogen-bond acceptors (Lipinski definition) is 5. The quantitative estimate of drug-likeness (QED) is 0.553. The number of benzene rings is 1. The molecule has 2 aromatic heterocycles. The summed E-state index contributed by atoms with van der Waals surface area (Å²) >= 11 is 7.03. The molecule has 0 aliphatic carbocycles. The van der Waals surface area contributed by atoms with Crippen LogP contribution in [0.4, 0.5) is 18.9 Å². The second kappa shape index (κ2) is 8.60. The number of hydrogen-bond donors (Lipinski definition) is 2. The lowest BCUT2D eigenvalue weighted by atomic mass is 10.2. The van der Waals surface area contributed by atoms with E-state index < -0.39 is 28.7 Å². The number of rotatable bonds is 5. The van der Waals surface area contributed by atoms with Crippen LogP contribution in [0.15, 0.2) is 23.0 Å². The van der Waals surface area contributed by atoms with Gasteiger partial charge in [-0.3, -0.25) is 14.5 Å². The van der Waals surface area contributed by atoms with Crippen molar-refractivity contribution in [1.82, 2.24) is 14.9 Å². The Morgan fingerprint density at radius 2 is 2.03 bits per heavy atom. The maximum Gasteiger partial charge on any atom is 0.417 e. The van der Waals surface area contributed by atoms with Crippen LogP contribution in [0, 0.1) is 13.8 Å². The van der Waals surface area contributed by atoms with Crippen LogP contribution in [0.25, 0.3) is 10.2 Å². The minimum Gasteiger partial charge on any atom is -0.325 e. The fourth-order valence-electron chi connectivity index (χ4n) is 3.06. The van der Waals surface area contributed by atoms with Gasteiger partial charge in [0.2, 0.25) is 5.91 Å². The van der Waals surface area contributed by atoms with Gasteiger partial charge in [-0.25, -0.2) is 4.98 Å². The van der Waals surface area contributed by atoms with Crippen molar-refractivity contribution in [2.24, 2.45) is 0 Å². The zero-order chi connectivity index (χ0) is 23.1. The monoisotopic (exact) mass is 472 g/mol. The predicted molar refractivity (Wildman–Crippen MR) is 116 cm³/mol. The number of aryl methyl sites for hydroxylation is 2. The molecular weight excluding hydrogens is 453 g/mol. The van der Waals surface area contributed by atoms with E-state index >= 15 is 0 Å². The van der Waals surface area contributed by atoms with Crippen LogP contribution in [0.1, 0.15) is 34.8 Å². The molecule has 11 heteroatoms. The largest absolute Gasteiger partial charge is 0.417 e. The van der Waals surface area contributed by atoms with Gasteiger partial charge < -0.3 is 10.3 Å². The van der Waals surface area contributed by atoms with E-state index in [1.54, 1.807) is 18.9 Å². The Labute approximate surface area is 185 Å². The molecule has 31 heavy (non-hydrogen) atoms. The molecule has 3 aromatic rings. The van der Waals surface area contributed by atoms with Crippen molar-refractivity contribution in [2.45, 2.75) is 33.0 Å². The van der Waals surface area contributed by atoms with Crippen LogP contribution < -0.4 is 10.9 Å². The highest BCUT2D eigenvalue weighted by atomic mass is 35.5. The minimum atomic E-state index is -4.63. The van der Waals surface area contributed by atoms with Crippen LogP contribution >= 0.6 is 22.9 Å². The van der Waals surface area contributed by atoms with Crippen molar-refractivity contribution in [3.05, 3.63) is 55.4 Å². The number of H-pyrrole nitrogens is 1. The second-order valence-corrected chi connectivity index (χ2v) is 8.86. The van der Waals surface area contributed by atoms with Crippen LogP contribution in [0.3, 0.4) is 0 Å². The van der Waals surface area contributed by atoms with E-state index in [9.17, 15) is 22.8 Å². The molecule has 0 saturated heterocycles. The van der Waals surface area contributed by atoms with Gasteiger partial charge >= 0.3 is 6.18 Å². The van der Waals surface area contributed by atoms with Gasteiger partial charge in [0.25, 0.3) is 5.56 Å². The average Bonchev–Trinajstić information content (AvgIpc) is 2.95. The number of nitrogens with zero attached hydrogens (tertiary/aromatic N) is 2. The molecular formula is C20H20ClF3N4O2S. The maximum absolute atomic E-state index is 13.0. The number of anilines is 1. The normalized spacial score (nSPS) is 13.1. The third-order valence-corrected chi connectivity index (χ3v) is 6.49. The number of halogens is 4. The van der Waals surface area contributed by atoms with Gasteiger partial charge in [-0.05, 0) is 51.6 Å². The Morgan fingerprint density at radius 1 is 1.35 bits per heavy atom.